The first kappa shape index (κ1) is 15.8. The Hall–Kier alpha value is -1.60. The number of likely N-dealkylation sites (tertiary alicyclic amines) is 1. The molecule has 21 heavy (non-hydrogen) atoms. The molecular weight excluding hydrogens is 285 g/mol. The van der Waals surface area contributed by atoms with Gasteiger partial charge in [-0.2, -0.15) is 13.2 Å². The van der Waals surface area contributed by atoms with E-state index in [2.05, 4.69) is 4.84 Å². The van der Waals surface area contributed by atoms with Gasteiger partial charge in [0.15, 0.2) is 0 Å². The topological polar surface area (TPSA) is 55.6 Å². The maximum Gasteiger partial charge on any atom is 0.416 e. The van der Waals surface area contributed by atoms with Gasteiger partial charge >= 0.3 is 6.18 Å². The maximum absolute atomic E-state index is 12.5. The van der Waals surface area contributed by atoms with Gasteiger partial charge in [-0.1, -0.05) is 0 Å². The van der Waals surface area contributed by atoms with Gasteiger partial charge < -0.3 is 9.74 Å². The number of amides is 1. The van der Waals surface area contributed by atoms with Crippen LogP contribution in [-0.2, 0) is 11.0 Å². The monoisotopic (exact) mass is 302 g/mol. The lowest BCUT2D eigenvalue weighted by molar-refractivity contribution is -0.137. The SMILES string of the molecule is NOCC1CCN(C(=O)c2ccc(C(F)(F)F)cc2)CC1. The molecule has 0 aliphatic carbocycles. The fourth-order valence-corrected chi connectivity index (χ4v) is 2.42. The number of alkyl halides is 3. The largest absolute Gasteiger partial charge is 0.416 e. The molecule has 0 aromatic heterocycles. The van der Waals surface area contributed by atoms with E-state index in [-0.39, 0.29) is 11.5 Å². The van der Waals surface area contributed by atoms with Crippen molar-refractivity contribution in [2.45, 2.75) is 19.0 Å². The molecule has 116 valence electrons. The summed E-state index contributed by atoms with van der Waals surface area (Å²) < 4.78 is 37.4. The molecule has 7 heteroatoms. The number of carbonyl (C=O) groups excluding carboxylic acids is 1. The van der Waals surface area contributed by atoms with Gasteiger partial charge in [-0.25, -0.2) is 5.90 Å². The van der Waals surface area contributed by atoms with Crippen molar-refractivity contribution in [3.8, 4) is 0 Å². The van der Waals surface area contributed by atoms with Crippen LogP contribution in [0.25, 0.3) is 0 Å². The van der Waals surface area contributed by atoms with Gasteiger partial charge in [-0.05, 0) is 43.0 Å². The van der Waals surface area contributed by atoms with E-state index < -0.39 is 11.7 Å². The molecule has 1 aromatic rings. The van der Waals surface area contributed by atoms with Crippen molar-refractivity contribution in [1.82, 2.24) is 4.90 Å². The molecule has 2 rings (SSSR count). The van der Waals surface area contributed by atoms with Gasteiger partial charge in [0.05, 0.1) is 12.2 Å². The Labute approximate surface area is 120 Å². The van der Waals surface area contributed by atoms with Crippen LogP contribution in [0.1, 0.15) is 28.8 Å². The number of carbonyl (C=O) groups is 1. The van der Waals surface area contributed by atoms with E-state index in [0.717, 1.165) is 25.0 Å². The molecule has 0 bridgehead atoms. The Morgan fingerprint density at radius 2 is 1.81 bits per heavy atom. The van der Waals surface area contributed by atoms with Crippen molar-refractivity contribution in [2.24, 2.45) is 11.8 Å². The Balaban J connectivity index is 1.98. The smallest absolute Gasteiger partial charge is 0.339 e. The van der Waals surface area contributed by atoms with Crippen molar-refractivity contribution >= 4 is 5.91 Å². The molecule has 0 atom stereocenters. The van der Waals surface area contributed by atoms with Crippen molar-refractivity contribution in [2.75, 3.05) is 19.7 Å². The lowest BCUT2D eigenvalue weighted by Crippen LogP contribution is -2.39. The maximum atomic E-state index is 12.5. The fraction of sp³-hybridized carbons (Fsp3) is 0.500. The van der Waals surface area contributed by atoms with Crippen LogP contribution >= 0.6 is 0 Å². The predicted octanol–water partition coefficient (Wildman–Crippen LogP) is 2.45. The first-order valence-electron chi connectivity index (χ1n) is 6.70. The van der Waals surface area contributed by atoms with E-state index in [1.165, 1.54) is 12.1 Å². The molecular formula is C14H17F3N2O2. The Morgan fingerprint density at radius 3 is 2.29 bits per heavy atom. The fourth-order valence-electron chi connectivity index (χ4n) is 2.42. The zero-order chi connectivity index (χ0) is 15.5. The third kappa shape index (κ3) is 3.95. The molecule has 1 fully saturated rings. The minimum absolute atomic E-state index is 0.240. The van der Waals surface area contributed by atoms with Crippen molar-refractivity contribution in [1.29, 1.82) is 0 Å². The van der Waals surface area contributed by atoms with E-state index in [4.69, 9.17) is 5.90 Å². The third-order valence-electron chi connectivity index (χ3n) is 3.69. The van der Waals surface area contributed by atoms with Crippen molar-refractivity contribution < 1.29 is 22.8 Å². The van der Waals surface area contributed by atoms with E-state index in [1.54, 1.807) is 4.90 Å². The van der Waals surface area contributed by atoms with Gasteiger partial charge in [-0.3, -0.25) is 4.79 Å². The standard InChI is InChI=1S/C14H17F3N2O2/c15-14(16,17)12-3-1-11(2-4-12)13(20)19-7-5-10(6-8-19)9-21-18/h1-4,10H,5-9,18H2. The second-order valence-corrected chi connectivity index (χ2v) is 5.14. The molecule has 1 aromatic carbocycles. The van der Waals surface area contributed by atoms with Crippen molar-refractivity contribution in [3.05, 3.63) is 35.4 Å². The quantitative estimate of drug-likeness (QED) is 0.873. The molecule has 0 spiro atoms. The number of hydrogen-bond acceptors (Lipinski definition) is 3. The molecule has 0 unspecified atom stereocenters. The number of halogens is 3. The van der Waals surface area contributed by atoms with E-state index >= 15 is 0 Å². The first-order chi connectivity index (χ1) is 9.91. The normalized spacial score (nSPS) is 17.0. The minimum atomic E-state index is -4.39. The van der Waals surface area contributed by atoms with Gasteiger partial charge in [-0.15, -0.1) is 0 Å². The molecule has 4 nitrogen and oxygen atoms in total. The Bertz CT molecular complexity index is 480. The third-order valence-corrected chi connectivity index (χ3v) is 3.69. The summed E-state index contributed by atoms with van der Waals surface area (Å²) in [5, 5.41) is 0. The molecule has 1 aliphatic rings. The number of hydrogen-bond donors (Lipinski definition) is 1. The highest BCUT2D eigenvalue weighted by Crippen LogP contribution is 2.29. The van der Waals surface area contributed by atoms with Gasteiger partial charge in [0.2, 0.25) is 0 Å². The van der Waals surface area contributed by atoms with Gasteiger partial charge in [0.1, 0.15) is 0 Å². The van der Waals surface area contributed by atoms with Crippen LogP contribution in [0.5, 0.6) is 0 Å². The van der Waals surface area contributed by atoms with Crippen LogP contribution in [-0.4, -0.2) is 30.5 Å². The van der Waals surface area contributed by atoms with Crippen LogP contribution in [0.2, 0.25) is 0 Å². The van der Waals surface area contributed by atoms with E-state index in [9.17, 15) is 18.0 Å². The predicted molar refractivity (Wildman–Crippen MR) is 70.2 cm³/mol. The highest BCUT2D eigenvalue weighted by molar-refractivity contribution is 5.94. The van der Waals surface area contributed by atoms with Crippen molar-refractivity contribution in [3.63, 3.8) is 0 Å². The molecule has 1 amide bonds. The molecule has 2 N–H and O–H groups in total. The number of nitrogens with two attached hydrogens (primary N) is 1. The summed E-state index contributed by atoms with van der Waals surface area (Å²) in [6.45, 7) is 1.59. The lowest BCUT2D eigenvalue weighted by Gasteiger charge is -2.31. The van der Waals surface area contributed by atoms with Gasteiger partial charge in [0, 0.05) is 18.7 Å². The average molecular weight is 302 g/mol. The van der Waals surface area contributed by atoms with Crippen LogP contribution in [0.4, 0.5) is 13.2 Å². The Kier molecular flexibility index (Phi) is 4.84. The molecule has 1 heterocycles. The highest BCUT2D eigenvalue weighted by Gasteiger charge is 2.30. The Morgan fingerprint density at radius 1 is 1.24 bits per heavy atom. The number of benzene rings is 1. The highest BCUT2D eigenvalue weighted by atomic mass is 19.4. The van der Waals surface area contributed by atoms with Crippen LogP contribution in [0.15, 0.2) is 24.3 Å². The van der Waals surface area contributed by atoms with Crippen LogP contribution in [0.3, 0.4) is 0 Å². The lowest BCUT2D eigenvalue weighted by atomic mass is 9.97. The average Bonchev–Trinajstić information content (AvgIpc) is 2.47. The summed E-state index contributed by atoms with van der Waals surface area (Å²) in [4.78, 5) is 18.5. The summed E-state index contributed by atoms with van der Waals surface area (Å²) in [5.74, 6) is 5.11. The summed E-state index contributed by atoms with van der Waals surface area (Å²) >= 11 is 0. The molecule has 0 radical (unpaired) electrons. The second kappa shape index (κ2) is 6.44. The molecule has 1 aliphatic heterocycles. The summed E-state index contributed by atoms with van der Waals surface area (Å²) in [6, 6.07) is 4.31. The first-order valence-corrected chi connectivity index (χ1v) is 6.70. The number of nitrogens with zero attached hydrogens (tertiary/aromatic N) is 1. The number of piperidine rings is 1. The van der Waals surface area contributed by atoms with Crippen LogP contribution < -0.4 is 5.90 Å². The van der Waals surface area contributed by atoms with Crippen LogP contribution in [0, 0.1) is 5.92 Å². The van der Waals surface area contributed by atoms with E-state index in [0.29, 0.717) is 25.6 Å². The molecule has 1 saturated heterocycles. The summed E-state index contributed by atoms with van der Waals surface area (Å²) in [7, 11) is 0. The minimum Gasteiger partial charge on any atom is -0.339 e. The number of rotatable bonds is 3. The van der Waals surface area contributed by atoms with E-state index in [1.807, 2.05) is 0 Å². The zero-order valence-electron chi connectivity index (χ0n) is 11.4. The van der Waals surface area contributed by atoms with Gasteiger partial charge in [0.25, 0.3) is 5.91 Å². The molecule has 0 saturated carbocycles. The summed E-state index contributed by atoms with van der Waals surface area (Å²) in [6.07, 6.45) is -2.82. The summed E-state index contributed by atoms with van der Waals surface area (Å²) in [5.41, 5.74) is -0.477. The second-order valence-electron chi connectivity index (χ2n) is 5.14. The zero-order valence-corrected chi connectivity index (χ0v) is 11.4.